The van der Waals surface area contributed by atoms with E-state index < -0.39 is 16.6 Å². The number of fused-ring (bicyclic) bond motifs is 1. The Morgan fingerprint density at radius 3 is 1.94 bits per heavy atom. The van der Waals surface area contributed by atoms with E-state index in [-0.39, 0.29) is 38.6 Å². The highest BCUT2D eigenvalue weighted by Crippen LogP contribution is 2.74. The second-order valence-electron chi connectivity index (χ2n) is 14.1. The summed E-state index contributed by atoms with van der Waals surface area (Å²) in [6.45, 7) is 29.0. The summed E-state index contributed by atoms with van der Waals surface area (Å²) in [5.41, 5.74) is -1.16. The molecule has 1 unspecified atom stereocenters. The second-order valence-corrected chi connectivity index (χ2v) is 23.2. The zero-order valence-electron chi connectivity index (χ0n) is 22.4. The fraction of sp³-hybridized carbons (Fsp3) is 0.923. The summed E-state index contributed by atoms with van der Waals surface area (Å²) >= 11 is 0. The number of hydrogen-bond donors (Lipinski definition) is 0. The molecule has 0 radical (unpaired) electrons. The molecule has 1 aliphatic heterocycles. The number of epoxide rings is 1. The quantitative estimate of drug-likeness (QED) is 0.255. The minimum Gasteiger partial charge on any atom is -0.413 e. The average Bonchev–Trinajstić information content (AvgIpc) is 3.37. The van der Waals surface area contributed by atoms with Crippen molar-refractivity contribution < 1.29 is 13.6 Å². The monoisotopic (exact) mass is 464 g/mol. The van der Waals surface area contributed by atoms with Crippen LogP contribution in [0.2, 0.25) is 37.8 Å². The Bertz CT molecular complexity index is 765. The van der Waals surface area contributed by atoms with E-state index in [9.17, 15) is 0 Å². The molecule has 0 aromatic heterocycles. The SMILES string of the molecule is C#C[C@@]1(C)C2(CC[C@@]3(O[Si](C)(C)C)C(C)(C)[C@@H](O[Si](C)(C)C(C)(C)C)CC[C@]13C)CO2. The molecule has 3 rings (SSSR count). The molecule has 2 saturated carbocycles. The summed E-state index contributed by atoms with van der Waals surface area (Å²) < 4.78 is 20.7. The van der Waals surface area contributed by atoms with Crippen LogP contribution < -0.4 is 0 Å². The van der Waals surface area contributed by atoms with E-state index in [1.54, 1.807) is 0 Å². The highest BCUT2D eigenvalue weighted by Gasteiger charge is 2.79. The molecule has 3 nitrogen and oxygen atoms in total. The second kappa shape index (κ2) is 6.95. The molecular weight excluding hydrogens is 416 g/mol. The van der Waals surface area contributed by atoms with Gasteiger partial charge in [-0.1, -0.05) is 47.5 Å². The molecular formula is C26H48O3Si2. The van der Waals surface area contributed by atoms with Gasteiger partial charge in [-0.05, 0) is 70.4 Å². The van der Waals surface area contributed by atoms with Gasteiger partial charge in [0.05, 0.1) is 23.7 Å². The Balaban J connectivity index is 2.15. The normalized spacial score (nSPS) is 42.7. The number of hydrogen-bond acceptors (Lipinski definition) is 3. The largest absolute Gasteiger partial charge is 0.413 e. The van der Waals surface area contributed by atoms with Gasteiger partial charge in [-0.2, -0.15) is 0 Å². The molecule has 0 amide bonds. The van der Waals surface area contributed by atoms with Gasteiger partial charge >= 0.3 is 0 Å². The first-order valence-corrected chi connectivity index (χ1v) is 18.6. The van der Waals surface area contributed by atoms with Crippen LogP contribution in [-0.4, -0.2) is 40.5 Å². The van der Waals surface area contributed by atoms with E-state index in [4.69, 9.17) is 20.0 Å². The van der Waals surface area contributed by atoms with Crippen molar-refractivity contribution in [3.05, 3.63) is 0 Å². The minimum atomic E-state index is -1.92. The maximum Gasteiger partial charge on any atom is 0.192 e. The summed E-state index contributed by atoms with van der Waals surface area (Å²) in [7, 11) is -3.80. The maximum absolute atomic E-state index is 7.36. The molecule has 31 heavy (non-hydrogen) atoms. The van der Waals surface area contributed by atoms with Crippen LogP contribution in [0.3, 0.4) is 0 Å². The molecule has 2 aliphatic carbocycles. The third-order valence-electron chi connectivity index (χ3n) is 10.0. The van der Waals surface area contributed by atoms with Crippen LogP contribution in [0.5, 0.6) is 0 Å². The van der Waals surface area contributed by atoms with Crippen LogP contribution in [0.15, 0.2) is 0 Å². The summed E-state index contributed by atoms with van der Waals surface area (Å²) in [4.78, 5) is 0. The van der Waals surface area contributed by atoms with Crippen molar-refractivity contribution in [3.63, 3.8) is 0 Å². The van der Waals surface area contributed by atoms with Gasteiger partial charge in [0.1, 0.15) is 5.60 Å². The maximum atomic E-state index is 7.36. The van der Waals surface area contributed by atoms with E-state index in [1.807, 2.05) is 0 Å². The fourth-order valence-electron chi connectivity index (χ4n) is 6.70. The molecule has 1 heterocycles. The molecule has 3 aliphatic rings. The van der Waals surface area contributed by atoms with Gasteiger partial charge in [0.2, 0.25) is 0 Å². The number of rotatable bonds is 4. The van der Waals surface area contributed by atoms with Gasteiger partial charge in [-0.15, -0.1) is 6.42 Å². The molecule has 5 atom stereocenters. The van der Waals surface area contributed by atoms with Crippen LogP contribution in [0.25, 0.3) is 0 Å². The molecule has 0 aromatic rings. The lowest BCUT2D eigenvalue weighted by Gasteiger charge is -2.71. The summed E-state index contributed by atoms with van der Waals surface area (Å²) in [5.74, 6) is 3.29. The first-order chi connectivity index (χ1) is 13.7. The van der Waals surface area contributed by atoms with Gasteiger partial charge in [0.15, 0.2) is 16.6 Å². The molecule has 0 N–H and O–H groups in total. The van der Waals surface area contributed by atoms with Gasteiger partial charge in [-0.25, -0.2) is 0 Å². The third kappa shape index (κ3) is 3.38. The molecule has 178 valence electrons. The van der Waals surface area contributed by atoms with Crippen LogP contribution in [0.4, 0.5) is 0 Å². The van der Waals surface area contributed by atoms with E-state index in [2.05, 4.69) is 87.1 Å². The Kier molecular flexibility index (Phi) is 5.71. The van der Waals surface area contributed by atoms with Gasteiger partial charge in [-0.3, -0.25) is 0 Å². The van der Waals surface area contributed by atoms with Gasteiger partial charge in [0.25, 0.3) is 0 Å². The lowest BCUT2D eigenvalue weighted by molar-refractivity contribution is -0.268. The molecule has 1 saturated heterocycles. The van der Waals surface area contributed by atoms with E-state index >= 15 is 0 Å². The summed E-state index contributed by atoms with van der Waals surface area (Å²) in [5, 5.41) is 0.183. The molecule has 3 fully saturated rings. The Hall–Kier alpha value is -0.126. The van der Waals surface area contributed by atoms with Crippen molar-refractivity contribution in [2.24, 2.45) is 16.2 Å². The molecule has 1 spiro atoms. The van der Waals surface area contributed by atoms with Crippen molar-refractivity contribution in [1.82, 2.24) is 0 Å². The number of ether oxygens (including phenoxy) is 1. The molecule has 0 aromatic carbocycles. The highest BCUT2D eigenvalue weighted by molar-refractivity contribution is 6.74. The molecule has 0 bridgehead atoms. The lowest BCUT2D eigenvalue weighted by Crippen LogP contribution is -2.76. The van der Waals surface area contributed by atoms with E-state index in [0.717, 1.165) is 32.3 Å². The Morgan fingerprint density at radius 1 is 0.968 bits per heavy atom. The predicted molar refractivity (Wildman–Crippen MR) is 135 cm³/mol. The predicted octanol–water partition coefficient (Wildman–Crippen LogP) is 7.00. The Morgan fingerprint density at radius 2 is 1.52 bits per heavy atom. The minimum absolute atomic E-state index is 0.148. The van der Waals surface area contributed by atoms with Gasteiger partial charge in [0, 0.05) is 10.8 Å². The number of terminal acetylenes is 1. The zero-order chi connectivity index (χ0) is 23.9. The first-order valence-electron chi connectivity index (χ1n) is 12.2. The average molecular weight is 465 g/mol. The van der Waals surface area contributed by atoms with Crippen molar-refractivity contribution in [1.29, 1.82) is 0 Å². The highest BCUT2D eigenvalue weighted by atomic mass is 28.4. The van der Waals surface area contributed by atoms with Crippen molar-refractivity contribution in [2.45, 2.75) is 129 Å². The van der Waals surface area contributed by atoms with Crippen molar-refractivity contribution in [3.8, 4) is 12.3 Å². The van der Waals surface area contributed by atoms with E-state index in [1.165, 1.54) is 0 Å². The molecule has 5 heteroatoms. The van der Waals surface area contributed by atoms with Crippen LogP contribution in [0.1, 0.15) is 74.1 Å². The summed E-state index contributed by atoms with van der Waals surface area (Å²) in [6.07, 6.45) is 10.5. The fourth-order valence-corrected chi connectivity index (χ4v) is 9.82. The van der Waals surface area contributed by atoms with Gasteiger partial charge < -0.3 is 13.6 Å². The van der Waals surface area contributed by atoms with Crippen LogP contribution >= 0.6 is 0 Å². The standard InChI is InChI=1S/C26H48O3Si2/c1-14-23(7)24(8)16-15-20(28-31(12,13)21(2,3)4)22(5,6)26(24,29-30(9,10)11)18-17-25(23)19-27-25/h1,20H,15-19H2,2-13H3/t20-,23+,24+,25?,26+/m0/s1. The first kappa shape index (κ1) is 25.5. The lowest BCUT2D eigenvalue weighted by atomic mass is 9.38. The topological polar surface area (TPSA) is 31.0 Å². The van der Waals surface area contributed by atoms with Crippen LogP contribution in [0, 0.1) is 28.6 Å². The van der Waals surface area contributed by atoms with Crippen molar-refractivity contribution >= 4 is 16.6 Å². The van der Waals surface area contributed by atoms with Crippen LogP contribution in [-0.2, 0) is 13.6 Å². The van der Waals surface area contributed by atoms with E-state index in [0.29, 0.717) is 0 Å². The Labute approximate surface area is 194 Å². The van der Waals surface area contributed by atoms with Crippen molar-refractivity contribution in [2.75, 3.05) is 6.61 Å². The summed E-state index contributed by atoms with van der Waals surface area (Å²) in [6, 6.07) is 0. The smallest absolute Gasteiger partial charge is 0.192 e. The third-order valence-corrected chi connectivity index (χ3v) is 15.5. The zero-order valence-corrected chi connectivity index (χ0v) is 24.4.